The molecule has 1 fully saturated rings. The first-order valence-electron chi connectivity index (χ1n) is 7.10. The lowest BCUT2D eigenvalue weighted by Crippen LogP contribution is -2.25. The maximum atomic E-state index is 12.3. The lowest BCUT2D eigenvalue weighted by Gasteiger charge is -2.18. The Bertz CT molecular complexity index is 885. The zero-order valence-electron chi connectivity index (χ0n) is 12.4. The molecule has 1 amide bonds. The Balaban J connectivity index is 1.87. The Morgan fingerprint density at radius 2 is 2.00 bits per heavy atom. The predicted octanol–water partition coefficient (Wildman–Crippen LogP) is 3.18. The minimum absolute atomic E-state index is 0.119. The number of pyridine rings is 1. The fraction of sp³-hybridized carbons (Fsp3) is 0.200. The molecule has 0 bridgehead atoms. The second-order valence-corrected chi connectivity index (χ2v) is 8.04. The van der Waals surface area contributed by atoms with Gasteiger partial charge in [0, 0.05) is 12.7 Å². The number of rotatable bonds is 3. The minimum Gasteiger partial charge on any atom is -0.321 e. The van der Waals surface area contributed by atoms with Crippen LogP contribution in [0.25, 0.3) is 0 Å². The van der Waals surface area contributed by atoms with Gasteiger partial charge in [0.05, 0.1) is 27.7 Å². The number of nitrogens with one attached hydrogen (secondary N) is 1. The molecule has 1 aromatic heterocycles. The highest BCUT2D eigenvalue weighted by Crippen LogP contribution is 2.31. The molecule has 2 aromatic rings. The first-order chi connectivity index (χ1) is 11.4. The van der Waals surface area contributed by atoms with Gasteiger partial charge < -0.3 is 5.32 Å². The topological polar surface area (TPSA) is 79.4 Å². The van der Waals surface area contributed by atoms with Crippen LogP contribution in [0.3, 0.4) is 0 Å². The van der Waals surface area contributed by atoms with Crippen molar-refractivity contribution in [2.24, 2.45) is 0 Å². The van der Waals surface area contributed by atoms with Crippen LogP contribution in [0.2, 0.25) is 10.2 Å². The Labute approximate surface area is 149 Å². The van der Waals surface area contributed by atoms with Crippen molar-refractivity contribution in [1.82, 2.24) is 4.98 Å². The lowest BCUT2D eigenvalue weighted by molar-refractivity contribution is 0.102. The molecule has 0 spiro atoms. The van der Waals surface area contributed by atoms with Gasteiger partial charge in [0.2, 0.25) is 10.0 Å². The molecule has 0 unspecified atom stereocenters. The second-order valence-electron chi connectivity index (χ2n) is 5.23. The molecular formula is C15H13Cl2N3O3S. The highest BCUT2D eigenvalue weighted by atomic mass is 35.5. The van der Waals surface area contributed by atoms with Crippen molar-refractivity contribution in [3.05, 3.63) is 52.3 Å². The van der Waals surface area contributed by atoms with E-state index in [2.05, 4.69) is 10.3 Å². The van der Waals surface area contributed by atoms with E-state index in [1.165, 1.54) is 22.6 Å². The predicted molar refractivity (Wildman–Crippen MR) is 94.4 cm³/mol. The average molecular weight is 386 g/mol. The van der Waals surface area contributed by atoms with Gasteiger partial charge in [-0.05, 0) is 36.8 Å². The Hall–Kier alpha value is -1.83. The number of amides is 1. The van der Waals surface area contributed by atoms with E-state index in [1.807, 2.05) is 0 Å². The quantitative estimate of drug-likeness (QED) is 0.822. The highest BCUT2D eigenvalue weighted by Gasteiger charge is 2.28. The summed E-state index contributed by atoms with van der Waals surface area (Å²) in [5.41, 5.74) is 1.12. The van der Waals surface area contributed by atoms with Crippen LogP contribution in [-0.2, 0) is 10.0 Å². The van der Waals surface area contributed by atoms with Gasteiger partial charge in [-0.3, -0.25) is 9.10 Å². The van der Waals surface area contributed by atoms with Crippen LogP contribution in [0.4, 0.5) is 11.4 Å². The molecule has 1 aliphatic rings. The summed E-state index contributed by atoms with van der Waals surface area (Å²) in [4.78, 5) is 16.1. The van der Waals surface area contributed by atoms with E-state index >= 15 is 0 Å². The molecule has 126 valence electrons. The zero-order chi connectivity index (χ0) is 17.3. The molecule has 1 saturated heterocycles. The third-order valence-electron chi connectivity index (χ3n) is 3.57. The number of carbonyl (C=O) groups excluding carboxylic acids is 1. The minimum atomic E-state index is -3.30. The van der Waals surface area contributed by atoms with Gasteiger partial charge in [-0.25, -0.2) is 13.4 Å². The van der Waals surface area contributed by atoms with Crippen LogP contribution in [0.5, 0.6) is 0 Å². The molecule has 0 aliphatic carbocycles. The number of anilines is 2. The lowest BCUT2D eigenvalue weighted by atomic mass is 10.2. The summed E-state index contributed by atoms with van der Waals surface area (Å²) >= 11 is 11.8. The molecule has 1 N–H and O–H groups in total. The Morgan fingerprint density at radius 3 is 2.62 bits per heavy atom. The van der Waals surface area contributed by atoms with Crippen LogP contribution in [0.15, 0.2) is 36.5 Å². The Kier molecular flexibility index (Phi) is 4.67. The number of carbonyl (C=O) groups is 1. The van der Waals surface area contributed by atoms with Gasteiger partial charge in [0.15, 0.2) is 0 Å². The SMILES string of the molecule is O=C(Nc1cc(N2CCCS2(=O)=O)ccc1Cl)c1ccc(Cl)nc1. The van der Waals surface area contributed by atoms with Crippen molar-refractivity contribution < 1.29 is 13.2 Å². The average Bonchev–Trinajstić information content (AvgIpc) is 2.89. The normalized spacial score (nSPS) is 16.2. The van der Waals surface area contributed by atoms with Gasteiger partial charge in [-0.15, -0.1) is 0 Å². The number of benzene rings is 1. The third kappa shape index (κ3) is 3.48. The van der Waals surface area contributed by atoms with Crippen molar-refractivity contribution in [2.75, 3.05) is 21.9 Å². The highest BCUT2D eigenvalue weighted by molar-refractivity contribution is 7.93. The molecule has 9 heteroatoms. The molecule has 0 atom stereocenters. The zero-order valence-corrected chi connectivity index (χ0v) is 14.7. The summed E-state index contributed by atoms with van der Waals surface area (Å²) in [6, 6.07) is 7.76. The number of aromatic nitrogens is 1. The van der Waals surface area contributed by atoms with Crippen LogP contribution in [-0.4, -0.2) is 31.6 Å². The van der Waals surface area contributed by atoms with Gasteiger partial charge >= 0.3 is 0 Å². The summed E-state index contributed by atoms with van der Waals surface area (Å²) in [5, 5.41) is 3.26. The molecular weight excluding hydrogens is 373 g/mol. The van der Waals surface area contributed by atoms with E-state index in [1.54, 1.807) is 18.2 Å². The monoisotopic (exact) mass is 385 g/mol. The number of hydrogen-bond acceptors (Lipinski definition) is 4. The summed E-state index contributed by atoms with van der Waals surface area (Å²) in [6.07, 6.45) is 1.92. The second kappa shape index (κ2) is 6.58. The van der Waals surface area contributed by atoms with E-state index < -0.39 is 15.9 Å². The van der Waals surface area contributed by atoms with Crippen molar-refractivity contribution in [1.29, 1.82) is 0 Å². The van der Waals surface area contributed by atoms with Crippen LogP contribution in [0, 0.1) is 0 Å². The van der Waals surface area contributed by atoms with Gasteiger partial charge in [0.25, 0.3) is 5.91 Å². The largest absolute Gasteiger partial charge is 0.321 e. The van der Waals surface area contributed by atoms with Gasteiger partial charge in [-0.2, -0.15) is 0 Å². The molecule has 1 aliphatic heterocycles. The molecule has 6 nitrogen and oxygen atoms in total. The van der Waals surface area contributed by atoms with Crippen molar-refractivity contribution >= 4 is 50.5 Å². The summed E-state index contributed by atoms with van der Waals surface area (Å²) < 4.78 is 25.4. The first kappa shape index (κ1) is 17.0. The summed E-state index contributed by atoms with van der Waals surface area (Å²) in [5.74, 6) is -0.296. The van der Waals surface area contributed by atoms with E-state index in [0.717, 1.165) is 0 Å². The third-order valence-corrected chi connectivity index (χ3v) is 6.00. The van der Waals surface area contributed by atoms with E-state index in [9.17, 15) is 13.2 Å². The molecule has 24 heavy (non-hydrogen) atoms. The van der Waals surface area contributed by atoms with Crippen molar-refractivity contribution in [2.45, 2.75) is 6.42 Å². The number of nitrogens with zero attached hydrogens (tertiary/aromatic N) is 2. The van der Waals surface area contributed by atoms with Crippen molar-refractivity contribution in [3.8, 4) is 0 Å². The van der Waals surface area contributed by atoms with E-state index in [-0.39, 0.29) is 10.9 Å². The number of sulfonamides is 1. The van der Waals surface area contributed by atoms with Crippen LogP contribution < -0.4 is 9.62 Å². The smallest absolute Gasteiger partial charge is 0.257 e. The summed E-state index contributed by atoms with van der Waals surface area (Å²) in [6.45, 7) is 0.415. The molecule has 3 rings (SSSR count). The number of hydrogen-bond donors (Lipinski definition) is 1. The first-order valence-corrected chi connectivity index (χ1v) is 9.46. The fourth-order valence-corrected chi connectivity index (χ4v) is 4.23. The maximum absolute atomic E-state index is 12.3. The van der Waals surface area contributed by atoms with Crippen LogP contribution >= 0.6 is 23.2 Å². The maximum Gasteiger partial charge on any atom is 0.257 e. The van der Waals surface area contributed by atoms with Gasteiger partial charge in [-0.1, -0.05) is 23.2 Å². The Morgan fingerprint density at radius 1 is 1.21 bits per heavy atom. The fourth-order valence-electron chi connectivity index (χ4n) is 2.40. The molecule has 0 radical (unpaired) electrons. The van der Waals surface area contributed by atoms with E-state index in [4.69, 9.17) is 23.2 Å². The summed E-state index contributed by atoms with van der Waals surface area (Å²) in [7, 11) is -3.30. The van der Waals surface area contributed by atoms with Crippen molar-refractivity contribution in [3.63, 3.8) is 0 Å². The number of halogens is 2. The van der Waals surface area contributed by atoms with Crippen LogP contribution in [0.1, 0.15) is 16.8 Å². The molecule has 2 heterocycles. The van der Waals surface area contributed by atoms with Gasteiger partial charge in [0.1, 0.15) is 5.15 Å². The molecule has 0 saturated carbocycles. The standard InChI is InChI=1S/C15H13Cl2N3O3S/c16-12-4-3-11(20-6-1-7-24(20,22)23)8-13(12)19-15(21)10-2-5-14(17)18-9-10/h2-5,8-9H,1,6-7H2,(H,19,21). The molecule has 1 aromatic carbocycles. The van der Waals surface area contributed by atoms with E-state index in [0.29, 0.717) is 34.9 Å².